The molecule has 4 rings (SSSR count). The first kappa shape index (κ1) is 22.5. The van der Waals surface area contributed by atoms with Crippen molar-refractivity contribution in [2.75, 3.05) is 24.5 Å². The van der Waals surface area contributed by atoms with Crippen molar-refractivity contribution in [3.63, 3.8) is 0 Å². The minimum atomic E-state index is -3.65. The number of amides is 2. The van der Waals surface area contributed by atoms with E-state index in [9.17, 15) is 18.0 Å². The van der Waals surface area contributed by atoms with Crippen molar-refractivity contribution in [2.45, 2.75) is 44.2 Å². The number of hydrogen-bond acceptors (Lipinski definition) is 5. The Morgan fingerprint density at radius 1 is 1.22 bits per heavy atom. The summed E-state index contributed by atoms with van der Waals surface area (Å²) < 4.78 is 28.7. The number of nitrogens with one attached hydrogen (secondary N) is 1. The van der Waals surface area contributed by atoms with E-state index in [2.05, 4.69) is 10.3 Å². The van der Waals surface area contributed by atoms with Gasteiger partial charge in [-0.15, -0.1) is 0 Å². The third-order valence-electron chi connectivity index (χ3n) is 6.28. The third-order valence-corrected chi connectivity index (χ3v) is 8.05. The molecular weight excluding hydrogens is 430 g/mol. The molecule has 2 aliphatic rings. The van der Waals surface area contributed by atoms with Gasteiger partial charge >= 0.3 is 0 Å². The van der Waals surface area contributed by atoms with Crippen LogP contribution in [0, 0.1) is 12.8 Å². The lowest BCUT2D eigenvalue weighted by atomic mass is 9.97. The number of anilines is 1. The Kier molecular flexibility index (Phi) is 6.34. The maximum Gasteiger partial charge on any atom is 0.262 e. The van der Waals surface area contributed by atoms with E-state index < -0.39 is 10.0 Å². The van der Waals surface area contributed by atoms with E-state index in [1.807, 2.05) is 24.3 Å². The molecule has 1 aromatic heterocycles. The normalized spacial score (nSPS) is 18.3. The average Bonchev–Trinajstić information content (AvgIpc) is 3.37. The van der Waals surface area contributed by atoms with Crippen LogP contribution in [0.2, 0.25) is 0 Å². The van der Waals surface area contributed by atoms with Crippen LogP contribution in [0.5, 0.6) is 0 Å². The van der Waals surface area contributed by atoms with Gasteiger partial charge in [0.25, 0.3) is 10.0 Å². The monoisotopic (exact) mass is 459 g/mol. The zero-order valence-electron chi connectivity index (χ0n) is 18.5. The van der Waals surface area contributed by atoms with E-state index in [-0.39, 0.29) is 22.8 Å². The topological polar surface area (TPSA) is 105 Å². The molecule has 3 heterocycles. The summed E-state index contributed by atoms with van der Waals surface area (Å²) in [6, 6.07) is 7.67. The number of benzene rings is 1. The summed E-state index contributed by atoms with van der Waals surface area (Å²) in [6.45, 7) is 3.45. The summed E-state index contributed by atoms with van der Waals surface area (Å²) in [6.07, 6.45) is 3.91. The fourth-order valence-electron chi connectivity index (χ4n) is 4.23. The molecule has 172 valence electrons. The molecule has 0 saturated carbocycles. The number of aryl methyl sites for hydroxylation is 2. The molecule has 2 aliphatic heterocycles. The smallest absolute Gasteiger partial charge is 0.262 e. The van der Waals surface area contributed by atoms with Gasteiger partial charge in [0, 0.05) is 57.4 Å². The highest BCUT2D eigenvalue weighted by molar-refractivity contribution is 7.89. The molecule has 2 saturated heterocycles. The Balaban J connectivity index is 1.31. The highest BCUT2D eigenvalue weighted by Gasteiger charge is 2.33. The van der Waals surface area contributed by atoms with Crippen molar-refractivity contribution in [1.29, 1.82) is 0 Å². The predicted octanol–water partition coefficient (Wildman–Crippen LogP) is 1.57. The maximum absolute atomic E-state index is 12.8. The molecular formula is C22H29N5O4S. The number of hydrogen-bond donors (Lipinski definition) is 1. The van der Waals surface area contributed by atoms with Crippen LogP contribution in [0.3, 0.4) is 0 Å². The van der Waals surface area contributed by atoms with Crippen LogP contribution in [-0.4, -0.2) is 53.7 Å². The quantitative estimate of drug-likeness (QED) is 0.706. The van der Waals surface area contributed by atoms with Crippen molar-refractivity contribution in [3.05, 3.63) is 41.9 Å². The lowest BCUT2D eigenvalue weighted by Crippen LogP contribution is -2.43. The van der Waals surface area contributed by atoms with E-state index >= 15 is 0 Å². The Labute approximate surface area is 188 Å². The second-order valence-electron chi connectivity index (χ2n) is 8.45. The summed E-state index contributed by atoms with van der Waals surface area (Å²) in [5.41, 5.74) is 1.80. The van der Waals surface area contributed by atoms with E-state index in [1.54, 1.807) is 23.4 Å². The summed E-state index contributed by atoms with van der Waals surface area (Å²) >= 11 is 0. The van der Waals surface area contributed by atoms with Crippen molar-refractivity contribution >= 4 is 27.5 Å². The molecule has 0 spiro atoms. The number of nitrogens with zero attached hydrogens (tertiary/aromatic N) is 4. The van der Waals surface area contributed by atoms with E-state index in [0.29, 0.717) is 44.7 Å². The van der Waals surface area contributed by atoms with Crippen molar-refractivity contribution in [3.8, 4) is 0 Å². The van der Waals surface area contributed by atoms with E-state index in [0.717, 1.165) is 24.2 Å². The van der Waals surface area contributed by atoms with Gasteiger partial charge in [0.05, 0.1) is 0 Å². The van der Waals surface area contributed by atoms with Crippen LogP contribution < -0.4 is 10.2 Å². The molecule has 32 heavy (non-hydrogen) atoms. The zero-order valence-corrected chi connectivity index (χ0v) is 19.3. The van der Waals surface area contributed by atoms with Gasteiger partial charge in [-0.2, -0.15) is 4.31 Å². The molecule has 2 amide bonds. The first-order chi connectivity index (χ1) is 15.3. The first-order valence-corrected chi connectivity index (χ1v) is 12.4. The number of piperidine rings is 1. The minimum Gasteiger partial charge on any atom is -0.352 e. The second kappa shape index (κ2) is 9.03. The Bertz CT molecular complexity index is 1100. The predicted molar refractivity (Wildman–Crippen MR) is 119 cm³/mol. The largest absolute Gasteiger partial charge is 0.352 e. The van der Waals surface area contributed by atoms with Gasteiger partial charge in [0.1, 0.15) is 5.82 Å². The van der Waals surface area contributed by atoms with Crippen LogP contribution in [0.15, 0.2) is 35.5 Å². The van der Waals surface area contributed by atoms with E-state index in [1.165, 1.54) is 10.5 Å². The lowest BCUT2D eigenvalue weighted by molar-refractivity contribution is -0.126. The number of carbonyl (C=O) groups is 2. The molecule has 2 fully saturated rings. The molecule has 9 nitrogen and oxygen atoms in total. The number of aromatic nitrogens is 2. The average molecular weight is 460 g/mol. The Hall–Kier alpha value is -2.72. The van der Waals surface area contributed by atoms with E-state index in [4.69, 9.17) is 0 Å². The molecule has 0 aliphatic carbocycles. The zero-order chi connectivity index (χ0) is 22.9. The summed E-state index contributed by atoms with van der Waals surface area (Å²) in [7, 11) is -1.89. The fourth-order valence-corrected chi connectivity index (χ4v) is 5.73. The highest BCUT2D eigenvalue weighted by Crippen LogP contribution is 2.25. The van der Waals surface area contributed by atoms with Crippen LogP contribution in [0.1, 0.15) is 37.1 Å². The summed E-state index contributed by atoms with van der Waals surface area (Å²) in [4.78, 5) is 30.6. The van der Waals surface area contributed by atoms with Crippen LogP contribution in [0.4, 0.5) is 5.69 Å². The molecule has 0 bridgehead atoms. The molecule has 0 unspecified atom stereocenters. The Morgan fingerprint density at radius 3 is 2.59 bits per heavy atom. The van der Waals surface area contributed by atoms with Gasteiger partial charge in [-0.3, -0.25) is 9.59 Å². The number of rotatable bonds is 6. The van der Waals surface area contributed by atoms with Gasteiger partial charge < -0.3 is 14.8 Å². The standard InChI is InChI=1S/C22H29N5O4S/c1-16-24-20(15-25(16)2)32(30,31)26-11-8-18(9-12-26)22(29)23-14-17-5-3-6-19(13-17)27-10-4-7-21(27)28/h3,5-6,13,15,18H,4,7-12,14H2,1-2H3,(H,23,29). The molecule has 0 radical (unpaired) electrons. The third kappa shape index (κ3) is 4.56. The van der Waals surface area contributed by atoms with Gasteiger partial charge in [-0.1, -0.05) is 12.1 Å². The molecule has 2 aromatic rings. The van der Waals surface area contributed by atoms with Crippen molar-refractivity contribution in [2.24, 2.45) is 13.0 Å². The highest BCUT2D eigenvalue weighted by atomic mass is 32.2. The molecule has 1 aromatic carbocycles. The minimum absolute atomic E-state index is 0.0526. The number of imidazole rings is 1. The van der Waals surface area contributed by atoms with Gasteiger partial charge in [-0.25, -0.2) is 13.4 Å². The molecule has 10 heteroatoms. The van der Waals surface area contributed by atoms with Gasteiger partial charge in [0.2, 0.25) is 11.8 Å². The Morgan fingerprint density at radius 2 is 1.97 bits per heavy atom. The summed E-state index contributed by atoms with van der Waals surface area (Å²) in [5, 5.41) is 3.02. The number of carbonyl (C=O) groups excluding carboxylic acids is 2. The summed E-state index contributed by atoms with van der Waals surface area (Å²) in [5.74, 6) is 0.471. The SMILES string of the molecule is Cc1nc(S(=O)(=O)N2CCC(C(=O)NCc3cccc(N4CCCC4=O)c3)CC2)cn1C. The second-order valence-corrected chi connectivity index (χ2v) is 10.3. The lowest BCUT2D eigenvalue weighted by Gasteiger charge is -2.30. The fraction of sp³-hybridized carbons (Fsp3) is 0.500. The van der Waals surface area contributed by atoms with Crippen LogP contribution in [-0.2, 0) is 33.2 Å². The first-order valence-electron chi connectivity index (χ1n) is 10.9. The molecule has 0 atom stereocenters. The maximum atomic E-state index is 12.8. The molecule has 1 N–H and O–H groups in total. The van der Waals surface area contributed by atoms with Crippen LogP contribution in [0.25, 0.3) is 0 Å². The van der Waals surface area contributed by atoms with Gasteiger partial charge in [0.15, 0.2) is 5.03 Å². The van der Waals surface area contributed by atoms with Crippen LogP contribution >= 0.6 is 0 Å². The van der Waals surface area contributed by atoms with Crippen molar-refractivity contribution < 1.29 is 18.0 Å². The van der Waals surface area contributed by atoms with Crippen molar-refractivity contribution in [1.82, 2.24) is 19.2 Å². The van der Waals surface area contributed by atoms with Gasteiger partial charge in [-0.05, 0) is 43.9 Å². The number of sulfonamides is 1.